The van der Waals surface area contributed by atoms with Gasteiger partial charge in [0, 0.05) is 26.4 Å². The lowest BCUT2D eigenvalue weighted by Crippen LogP contribution is -2.25. The average Bonchev–Trinajstić information content (AvgIpc) is 3.40. The lowest BCUT2D eigenvalue weighted by atomic mass is 10.3. The number of carbonyl (C=O) groups is 3. The van der Waals surface area contributed by atoms with E-state index in [1.54, 1.807) is 26.1 Å². The fraction of sp³-hybridized carbons (Fsp3) is 0.278. The van der Waals surface area contributed by atoms with Crippen molar-refractivity contribution in [2.45, 2.75) is 13.5 Å². The number of esters is 1. The molecule has 3 rings (SSSR count). The molecule has 11 heteroatoms. The predicted octanol–water partition coefficient (Wildman–Crippen LogP) is 1.11. The number of rotatable bonds is 7. The van der Waals surface area contributed by atoms with E-state index in [1.807, 2.05) is 0 Å². The number of hydrogen-bond donors (Lipinski definition) is 2. The number of anilines is 1. The van der Waals surface area contributed by atoms with E-state index >= 15 is 0 Å². The Morgan fingerprint density at radius 3 is 2.69 bits per heavy atom. The highest BCUT2D eigenvalue weighted by Crippen LogP contribution is 2.15. The number of nitrogens with one attached hydrogen (secondary N) is 2. The van der Waals surface area contributed by atoms with E-state index in [9.17, 15) is 14.4 Å². The van der Waals surface area contributed by atoms with Crippen LogP contribution in [0.5, 0.6) is 0 Å². The van der Waals surface area contributed by atoms with Crippen molar-refractivity contribution in [2.75, 3.05) is 11.9 Å². The summed E-state index contributed by atoms with van der Waals surface area (Å²) in [7, 11) is 3.15. The molecule has 0 saturated heterocycles. The maximum absolute atomic E-state index is 12.6. The second kappa shape index (κ2) is 8.42. The Morgan fingerprint density at radius 1 is 1.21 bits per heavy atom. The standard InChI is InChI=1S/C18H20N6O5/c1-4-28-18(27)14-8-12(21-24(14)3)16(25)20-13-10-23(2)22-15(13)17(26)19-9-11-6-5-7-29-11/h5-8,10H,4,9H2,1-3H3,(H,19,26)(H,20,25). The van der Waals surface area contributed by atoms with Crippen molar-refractivity contribution < 1.29 is 23.5 Å². The summed E-state index contributed by atoms with van der Waals surface area (Å²) in [5, 5.41) is 13.4. The molecule has 2 amide bonds. The molecule has 0 aromatic carbocycles. The number of carbonyl (C=O) groups excluding carboxylic acids is 3. The van der Waals surface area contributed by atoms with Gasteiger partial charge in [-0.15, -0.1) is 0 Å². The summed E-state index contributed by atoms with van der Waals surface area (Å²) in [6.45, 7) is 2.07. The van der Waals surface area contributed by atoms with Gasteiger partial charge in [0.05, 0.1) is 25.1 Å². The number of furan rings is 1. The maximum Gasteiger partial charge on any atom is 0.356 e. The second-order valence-corrected chi connectivity index (χ2v) is 6.04. The maximum atomic E-state index is 12.6. The van der Waals surface area contributed by atoms with Crippen LogP contribution in [0.1, 0.15) is 44.1 Å². The van der Waals surface area contributed by atoms with Crippen LogP contribution in [0.4, 0.5) is 5.69 Å². The third-order valence-corrected chi connectivity index (χ3v) is 3.89. The number of aromatic nitrogens is 4. The van der Waals surface area contributed by atoms with Gasteiger partial charge < -0.3 is 19.8 Å². The van der Waals surface area contributed by atoms with E-state index in [4.69, 9.17) is 9.15 Å². The van der Waals surface area contributed by atoms with Crippen LogP contribution in [-0.4, -0.2) is 44.0 Å². The highest BCUT2D eigenvalue weighted by Gasteiger charge is 2.22. The van der Waals surface area contributed by atoms with Crippen molar-refractivity contribution >= 4 is 23.5 Å². The Hall–Kier alpha value is -3.89. The molecule has 0 aliphatic heterocycles. The van der Waals surface area contributed by atoms with E-state index in [1.165, 1.54) is 34.9 Å². The normalized spacial score (nSPS) is 10.6. The third kappa shape index (κ3) is 4.51. The molecule has 152 valence electrons. The van der Waals surface area contributed by atoms with E-state index in [-0.39, 0.29) is 35.9 Å². The van der Waals surface area contributed by atoms with Gasteiger partial charge in [-0.25, -0.2) is 4.79 Å². The fourth-order valence-electron chi connectivity index (χ4n) is 2.57. The minimum absolute atomic E-state index is 0.00125. The smallest absolute Gasteiger partial charge is 0.356 e. The number of aryl methyl sites for hydroxylation is 2. The molecule has 0 unspecified atom stereocenters. The van der Waals surface area contributed by atoms with Gasteiger partial charge in [-0.3, -0.25) is 19.0 Å². The van der Waals surface area contributed by atoms with Gasteiger partial charge in [0.2, 0.25) is 0 Å². The molecular formula is C18H20N6O5. The zero-order valence-corrected chi connectivity index (χ0v) is 16.1. The van der Waals surface area contributed by atoms with Crippen molar-refractivity contribution in [2.24, 2.45) is 14.1 Å². The van der Waals surface area contributed by atoms with Gasteiger partial charge in [-0.05, 0) is 19.1 Å². The predicted molar refractivity (Wildman–Crippen MR) is 100 cm³/mol. The first-order valence-electron chi connectivity index (χ1n) is 8.75. The van der Waals surface area contributed by atoms with Gasteiger partial charge in [0.15, 0.2) is 11.4 Å². The largest absolute Gasteiger partial charge is 0.467 e. The van der Waals surface area contributed by atoms with Crippen molar-refractivity contribution in [3.05, 3.63) is 53.5 Å². The first-order chi connectivity index (χ1) is 13.9. The summed E-state index contributed by atoms with van der Waals surface area (Å²) >= 11 is 0. The number of ether oxygens (including phenoxy) is 1. The van der Waals surface area contributed by atoms with Gasteiger partial charge in [-0.2, -0.15) is 10.2 Å². The highest BCUT2D eigenvalue weighted by molar-refractivity contribution is 6.08. The van der Waals surface area contributed by atoms with Crippen LogP contribution in [0.3, 0.4) is 0 Å². The van der Waals surface area contributed by atoms with Gasteiger partial charge in [0.1, 0.15) is 11.5 Å². The van der Waals surface area contributed by atoms with E-state index < -0.39 is 17.8 Å². The molecule has 2 N–H and O–H groups in total. The lowest BCUT2D eigenvalue weighted by molar-refractivity contribution is 0.0513. The summed E-state index contributed by atoms with van der Waals surface area (Å²) in [5.74, 6) is -1.07. The van der Waals surface area contributed by atoms with Crippen LogP contribution in [0.15, 0.2) is 35.1 Å². The molecule has 0 saturated carbocycles. The zero-order valence-electron chi connectivity index (χ0n) is 16.1. The van der Waals surface area contributed by atoms with Crippen molar-refractivity contribution in [1.82, 2.24) is 24.9 Å². The van der Waals surface area contributed by atoms with E-state index in [0.717, 1.165) is 0 Å². The van der Waals surface area contributed by atoms with Crippen LogP contribution in [0.2, 0.25) is 0 Å². The van der Waals surface area contributed by atoms with Crippen molar-refractivity contribution in [3.63, 3.8) is 0 Å². The van der Waals surface area contributed by atoms with E-state index in [0.29, 0.717) is 5.76 Å². The molecule has 11 nitrogen and oxygen atoms in total. The van der Waals surface area contributed by atoms with Gasteiger partial charge in [0.25, 0.3) is 11.8 Å². The Morgan fingerprint density at radius 2 is 2.00 bits per heavy atom. The average molecular weight is 400 g/mol. The van der Waals surface area contributed by atoms with Crippen LogP contribution in [-0.2, 0) is 25.4 Å². The molecule has 3 aromatic heterocycles. The lowest BCUT2D eigenvalue weighted by Gasteiger charge is -2.04. The molecule has 0 aliphatic carbocycles. The summed E-state index contributed by atoms with van der Waals surface area (Å²) in [6.07, 6.45) is 3.00. The Labute approximate surface area is 165 Å². The number of hydrogen-bond acceptors (Lipinski definition) is 7. The minimum atomic E-state index is -0.593. The Kier molecular flexibility index (Phi) is 5.77. The quantitative estimate of drug-likeness (QED) is 0.567. The van der Waals surface area contributed by atoms with Crippen LogP contribution in [0, 0.1) is 0 Å². The monoisotopic (exact) mass is 400 g/mol. The summed E-state index contributed by atoms with van der Waals surface area (Å²) in [6, 6.07) is 4.76. The SMILES string of the molecule is CCOC(=O)c1cc(C(=O)Nc2cn(C)nc2C(=O)NCc2ccco2)nn1C. The molecule has 0 bridgehead atoms. The summed E-state index contributed by atoms with van der Waals surface area (Å²) in [4.78, 5) is 36.9. The molecule has 0 atom stereocenters. The molecule has 3 heterocycles. The highest BCUT2D eigenvalue weighted by atomic mass is 16.5. The minimum Gasteiger partial charge on any atom is -0.467 e. The molecule has 3 aromatic rings. The summed E-state index contributed by atoms with van der Waals surface area (Å²) < 4.78 is 12.8. The fourth-order valence-corrected chi connectivity index (χ4v) is 2.57. The molecule has 0 spiro atoms. The van der Waals surface area contributed by atoms with Gasteiger partial charge >= 0.3 is 5.97 Å². The van der Waals surface area contributed by atoms with Crippen molar-refractivity contribution in [1.29, 1.82) is 0 Å². The van der Waals surface area contributed by atoms with Gasteiger partial charge in [-0.1, -0.05) is 0 Å². The van der Waals surface area contributed by atoms with Crippen molar-refractivity contribution in [3.8, 4) is 0 Å². The van der Waals surface area contributed by atoms with Crippen LogP contribution in [0.25, 0.3) is 0 Å². The number of nitrogens with zero attached hydrogens (tertiary/aromatic N) is 4. The van der Waals surface area contributed by atoms with Crippen LogP contribution >= 0.6 is 0 Å². The molecule has 0 aliphatic rings. The van der Waals surface area contributed by atoms with E-state index in [2.05, 4.69) is 20.8 Å². The third-order valence-electron chi connectivity index (χ3n) is 3.89. The topological polar surface area (TPSA) is 133 Å². The first-order valence-corrected chi connectivity index (χ1v) is 8.75. The molecule has 0 fully saturated rings. The Bertz CT molecular complexity index is 1030. The molecular weight excluding hydrogens is 380 g/mol. The first kappa shape index (κ1) is 19.9. The molecule has 0 radical (unpaired) electrons. The molecule has 29 heavy (non-hydrogen) atoms. The van der Waals surface area contributed by atoms with Crippen LogP contribution < -0.4 is 10.6 Å². The number of amides is 2. The zero-order chi connectivity index (χ0) is 21.0. The summed E-state index contributed by atoms with van der Waals surface area (Å²) in [5.41, 5.74) is 0.382. The second-order valence-electron chi connectivity index (χ2n) is 6.04. The Balaban J connectivity index is 1.73.